The number of nitrogens with zero attached hydrogens (tertiary/aromatic N) is 3. The van der Waals surface area contributed by atoms with Crippen LogP contribution in [0.5, 0.6) is 0 Å². The summed E-state index contributed by atoms with van der Waals surface area (Å²) in [6.07, 6.45) is 5.34. The molecule has 0 saturated heterocycles. The van der Waals surface area contributed by atoms with Crippen LogP contribution in [0.25, 0.3) is 56.9 Å². The molecule has 1 aliphatic carbocycles. The monoisotopic (exact) mass is 451 g/mol. The standard InChI is InChI=1S/C31H21N3O/c1-3-9-21(10-4-1)28-24-13-7-8-14-26(24)32-30(34-28)23-16-15-20-17-18-27-29(25(20)19-23)35-31(33-27)22-11-5-2-6-12-22/h1-15,17-19,23H,16H2. The smallest absolute Gasteiger partial charge is 0.227 e. The number of fused-ring (bicyclic) bond motifs is 4. The van der Waals surface area contributed by atoms with Gasteiger partial charge in [0.15, 0.2) is 5.58 Å². The van der Waals surface area contributed by atoms with Crippen molar-refractivity contribution >= 4 is 34.2 Å². The van der Waals surface area contributed by atoms with Crippen LogP contribution in [0.1, 0.15) is 18.2 Å². The van der Waals surface area contributed by atoms with Crippen molar-refractivity contribution in [2.24, 2.45) is 0 Å². The Labute approximate surface area is 201 Å². The maximum absolute atomic E-state index is 6.30. The summed E-state index contributed by atoms with van der Waals surface area (Å²) in [5.41, 5.74) is 5.66. The number of para-hydroxylation sites is 1. The molecule has 0 N–H and O–H groups in total. The van der Waals surface area contributed by atoms with Gasteiger partial charge in [-0.1, -0.05) is 84.9 Å². The first-order valence-electron chi connectivity index (χ1n) is 11.8. The molecule has 0 spiro atoms. The number of hydrogen-bond acceptors (Lipinski definition) is 4. The van der Waals surface area contributed by atoms with E-state index in [9.17, 15) is 0 Å². The largest absolute Gasteiger partial charge is 0.435 e. The summed E-state index contributed by atoms with van der Waals surface area (Å²) >= 11 is 0. The molecular weight excluding hydrogens is 430 g/mol. The quantitative estimate of drug-likeness (QED) is 0.339. The van der Waals surface area contributed by atoms with E-state index in [0.717, 1.165) is 61.5 Å². The van der Waals surface area contributed by atoms with Gasteiger partial charge < -0.3 is 4.42 Å². The average Bonchev–Trinajstić information content (AvgIpc) is 3.38. The van der Waals surface area contributed by atoms with Gasteiger partial charge in [-0.05, 0) is 35.9 Å². The highest BCUT2D eigenvalue weighted by molar-refractivity contribution is 5.92. The molecule has 4 heteroatoms. The second-order valence-electron chi connectivity index (χ2n) is 8.83. The number of aromatic nitrogens is 3. The van der Waals surface area contributed by atoms with Crippen LogP contribution in [0.15, 0.2) is 101 Å². The van der Waals surface area contributed by atoms with E-state index in [4.69, 9.17) is 19.4 Å². The van der Waals surface area contributed by atoms with Crippen LogP contribution in [-0.4, -0.2) is 15.0 Å². The van der Waals surface area contributed by atoms with Gasteiger partial charge >= 0.3 is 0 Å². The molecule has 1 unspecified atom stereocenters. The Kier molecular flexibility index (Phi) is 4.56. The molecule has 7 rings (SSSR count). The van der Waals surface area contributed by atoms with Crippen molar-refractivity contribution in [3.63, 3.8) is 0 Å². The lowest BCUT2D eigenvalue weighted by Gasteiger charge is -2.15. The highest BCUT2D eigenvalue weighted by atomic mass is 16.3. The first kappa shape index (κ1) is 19.9. The third-order valence-electron chi connectivity index (χ3n) is 6.61. The van der Waals surface area contributed by atoms with Gasteiger partial charge in [0.1, 0.15) is 11.3 Å². The van der Waals surface area contributed by atoms with Gasteiger partial charge in [-0.25, -0.2) is 15.0 Å². The van der Waals surface area contributed by atoms with Crippen LogP contribution in [-0.2, 0) is 0 Å². The summed E-state index contributed by atoms with van der Waals surface area (Å²) in [6, 6.07) is 32.8. The minimum atomic E-state index is 0.0467. The fraction of sp³-hybridized carbons (Fsp3) is 0.0645. The van der Waals surface area contributed by atoms with Crippen molar-refractivity contribution in [1.29, 1.82) is 0 Å². The average molecular weight is 452 g/mol. The molecule has 166 valence electrons. The van der Waals surface area contributed by atoms with E-state index in [1.54, 1.807) is 0 Å². The molecule has 6 aromatic rings. The zero-order valence-corrected chi connectivity index (χ0v) is 18.9. The Morgan fingerprint density at radius 2 is 1.40 bits per heavy atom. The second-order valence-corrected chi connectivity index (χ2v) is 8.83. The Balaban J connectivity index is 1.40. The first-order chi connectivity index (χ1) is 17.3. The Morgan fingerprint density at radius 3 is 2.23 bits per heavy atom. The molecular formula is C31H21N3O. The molecule has 0 amide bonds. The number of hydrogen-bond donors (Lipinski definition) is 0. The molecule has 0 saturated carbocycles. The summed E-state index contributed by atoms with van der Waals surface area (Å²) in [6.45, 7) is 0. The van der Waals surface area contributed by atoms with E-state index in [1.165, 1.54) is 0 Å². The highest BCUT2D eigenvalue weighted by Crippen LogP contribution is 2.30. The number of benzene rings is 4. The third kappa shape index (κ3) is 3.42. The Hall–Kier alpha value is -4.57. The summed E-state index contributed by atoms with van der Waals surface area (Å²) in [7, 11) is 0. The Morgan fingerprint density at radius 1 is 0.657 bits per heavy atom. The van der Waals surface area contributed by atoms with Crippen molar-refractivity contribution in [2.75, 3.05) is 0 Å². The zero-order valence-electron chi connectivity index (χ0n) is 18.9. The fourth-order valence-electron chi connectivity index (χ4n) is 4.86. The maximum atomic E-state index is 6.30. The summed E-state index contributed by atoms with van der Waals surface area (Å²) in [5, 5.41) is 3.29. The van der Waals surface area contributed by atoms with Crippen molar-refractivity contribution in [3.8, 4) is 22.7 Å². The fourth-order valence-corrected chi connectivity index (χ4v) is 4.86. The predicted octanol–water partition coefficient (Wildman–Crippen LogP) is 5.85. The maximum Gasteiger partial charge on any atom is 0.227 e. The molecule has 1 atom stereocenters. The predicted molar refractivity (Wildman–Crippen MR) is 140 cm³/mol. The van der Waals surface area contributed by atoms with Gasteiger partial charge in [-0.2, -0.15) is 0 Å². The van der Waals surface area contributed by atoms with E-state index < -0.39 is 0 Å². The van der Waals surface area contributed by atoms with Gasteiger partial charge in [0.2, 0.25) is 5.89 Å². The second kappa shape index (κ2) is 8.03. The summed E-state index contributed by atoms with van der Waals surface area (Å²) < 4.78 is 6.30. The molecule has 2 aromatic heterocycles. The van der Waals surface area contributed by atoms with Gasteiger partial charge in [-0.15, -0.1) is 0 Å². The molecule has 4 nitrogen and oxygen atoms in total. The van der Waals surface area contributed by atoms with E-state index in [2.05, 4.69) is 42.5 Å². The normalized spacial score (nSPS) is 14.9. The van der Waals surface area contributed by atoms with Crippen LogP contribution in [0, 0.1) is 0 Å². The molecule has 0 aliphatic heterocycles. The van der Waals surface area contributed by atoms with E-state index >= 15 is 0 Å². The van der Waals surface area contributed by atoms with Crippen LogP contribution >= 0.6 is 0 Å². The van der Waals surface area contributed by atoms with E-state index in [1.807, 2.05) is 66.7 Å². The molecule has 0 fully saturated rings. The molecule has 2 heterocycles. The lowest BCUT2D eigenvalue weighted by atomic mass is 9.95. The molecule has 1 aliphatic rings. The van der Waals surface area contributed by atoms with Gasteiger partial charge in [-0.3, -0.25) is 0 Å². The lowest BCUT2D eigenvalue weighted by molar-refractivity contribution is 0.616. The van der Waals surface area contributed by atoms with Gasteiger partial charge in [0, 0.05) is 27.6 Å². The highest BCUT2D eigenvalue weighted by Gasteiger charge is 2.19. The van der Waals surface area contributed by atoms with Crippen molar-refractivity contribution in [3.05, 3.63) is 113 Å². The zero-order chi connectivity index (χ0) is 23.2. The van der Waals surface area contributed by atoms with Crippen molar-refractivity contribution in [1.82, 2.24) is 15.0 Å². The third-order valence-corrected chi connectivity index (χ3v) is 6.61. The molecule has 4 aromatic carbocycles. The number of oxazole rings is 1. The summed E-state index contributed by atoms with van der Waals surface area (Å²) in [5.74, 6) is 1.51. The summed E-state index contributed by atoms with van der Waals surface area (Å²) in [4.78, 5) is 14.8. The minimum absolute atomic E-state index is 0.0467. The van der Waals surface area contributed by atoms with E-state index in [-0.39, 0.29) is 5.92 Å². The van der Waals surface area contributed by atoms with Crippen molar-refractivity contribution in [2.45, 2.75) is 12.3 Å². The lowest BCUT2D eigenvalue weighted by Crippen LogP contribution is -2.29. The van der Waals surface area contributed by atoms with Crippen LogP contribution in [0.4, 0.5) is 0 Å². The molecule has 35 heavy (non-hydrogen) atoms. The van der Waals surface area contributed by atoms with Gasteiger partial charge in [0.05, 0.1) is 11.2 Å². The van der Waals surface area contributed by atoms with Crippen LogP contribution in [0.3, 0.4) is 0 Å². The first-order valence-corrected chi connectivity index (χ1v) is 11.8. The van der Waals surface area contributed by atoms with Crippen LogP contribution < -0.4 is 10.4 Å². The molecule has 0 bridgehead atoms. The minimum Gasteiger partial charge on any atom is -0.435 e. The topological polar surface area (TPSA) is 51.8 Å². The van der Waals surface area contributed by atoms with E-state index in [0.29, 0.717) is 5.89 Å². The van der Waals surface area contributed by atoms with Crippen LogP contribution in [0.2, 0.25) is 0 Å². The molecule has 0 radical (unpaired) electrons. The Bertz CT molecular complexity index is 1820. The number of rotatable bonds is 3. The van der Waals surface area contributed by atoms with Crippen molar-refractivity contribution < 1.29 is 4.42 Å². The SMILES string of the molecule is C1=c2ccc3nc(-c4ccccc4)oc3c2=CC(c2nc(-c3ccccc3)c3ccccc3n2)C1. The van der Waals surface area contributed by atoms with Gasteiger partial charge in [0.25, 0.3) is 0 Å².